The summed E-state index contributed by atoms with van der Waals surface area (Å²) in [5, 5.41) is 8.60. The molecule has 0 radical (unpaired) electrons. The van der Waals surface area contributed by atoms with Gasteiger partial charge in [-0.05, 0) is 32.6 Å². The molecule has 0 aromatic heterocycles. The molecule has 0 aromatic carbocycles. The third-order valence-electron chi connectivity index (χ3n) is 2.53. The van der Waals surface area contributed by atoms with Gasteiger partial charge >= 0.3 is 15.6 Å². The van der Waals surface area contributed by atoms with E-state index < -0.39 is 21.4 Å². The van der Waals surface area contributed by atoms with Crippen LogP contribution in [-0.2, 0) is 14.9 Å². The summed E-state index contributed by atoms with van der Waals surface area (Å²) < 4.78 is 62.0. The molecule has 1 aliphatic carbocycles. The van der Waals surface area contributed by atoms with Crippen LogP contribution in [0, 0.1) is 5.92 Å². The minimum absolute atomic E-state index is 0.861. The predicted octanol–water partition coefficient (Wildman–Crippen LogP) is 3.12. The average molecular weight is 336 g/mol. The lowest BCUT2D eigenvalue weighted by molar-refractivity contribution is -0.155. The largest absolute Gasteiger partial charge is 0.522 e. The first-order valence-corrected chi connectivity index (χ1v) is 7.62. The molecule has 0 heterocycles. The van der Waals surface area contributed by atoms with Crippen LogP contribution >= 0.6 is 0 Å². The van der Waals surface area contributed by atoms with Gasteiger partial charge in [-0.15, -0.1) is 6.58 Å². The summed E-state index contributed by atoms with van der Waals surface area (Å²) in [5.41, 5.74) is -5.53. The van der Waals surface area contributed by atoms with E-state index in [1.54, 1.807) is 13.8 Å². The number of ether oxygens (including phenoxy) is 1. The molecule has 0 atom stereocenters. The van der Waals surface area contributed by atoms with Crippen LogP contribution in [0.5, 0.6) is 0 Å². The topological polar surface area (TPSA) is 83.8 Å². The molecule has 0 saturated heterocycles. The second-order valence-corrected chi connectivity index (χ2v) is 6.26. The smallest absolute Gasteiger partial charge is 0.366 e. The van der Waals surface area contributed by atoms with Crippen molar-refractivity contribution < 1.29 is 36.0 Å². The Morgan fingerprint density at radius 1 is 1.24 bits per heavy atom. The average Bonchev–Trinajstić information content (AvgIpc) is 2.79. The van der Waals surface area contributed by atoms with Gasteiger partial charge in [-0.25, -0.2) is 0 Å². The standard InChI is InChI=1S/C7H12.C4H10O2.CHF3O3S/c1-2-7-5-3-4-6-7;1-4(2,5)6-3;2-1(3,4)8(5,6)7/h2,7H,1,3-6H2;5H,1-3H3;(H,5,6,7). The molecule has 9 heteroatoms. The van der Waals surface area contributed by atoms with Gasteiger partial charge in [-0.1, -0.05) is 18.9 Å². The van der Waals surface area contributed by atoms with Crippen molar-refractivity contribution in [2.24, 2.45) is 5.92 Å². The Hall–Kier alpha value is -0.640. The van der Waals surface area contributed by atoms with Crippen LogP contribution < -0.4 is 0 Å². The van der Waals surface area contributed by atoms with Gasteiger partial charge < -0.3 is 9.84 Å². The third-order valence-corrected chi connectivity index (χ3v) is 3.11. The van der Waals surface area contributed by atoms with Gasteiger partial charge in [0.1, 0.15) is 0 Å². The summed E-state index contributed by atoms with van der Waals surface area (Å²) in [5.74, 6) is -0.0972. The molecule has 1 saturated carbocycles. The van der Waals surface area contributed by atoms with Gasteiger partial charge in [-0.2, -0.15) is 21.6 Å². The number of halogens is 3. The highest BCUT2D eigenvalue weighted by Gasteiger charge is 2.44. The Balaban J connectivity index is 0. The maximum Gasteiger partial charge on any atom is 0.522 e. The highest BCUT2D eigenvalue weighted by Crippen LogP contribution is 2.24. The molecular formula is C12H23F3O5S. The molecule has 1 fully saturated rings. The second kappa shape index (κ2) is 9.39. The van der Waals surface area contributed by atoms with E-state index in [-0.39, 0.29) is 0 Å². The highest BCUT2D eigenvalue weighted by molar-refractivity contribution is 7.86. The molecular weight excluding hydrogens is 313 g/mol. The maximum atomic E-state index is 10.7. The molecule has 0 spiro atoms. The summed E-state index contributed by atoms with van der Waals surface area (Å²) >= 11 is 0. The highest BCUT2D eigenvalue weighted by atomic mass is 32.2. The lowest BCUT2D eigenvalue weighted by Crippen LogP contribution is -2.21. The summed E-state index contributed by atoms with van der Waals surface area (Å²) in [4.78, 5) is 0. The van der Waals surface area contributed by atoms with Gasteiger partial charge in [-0.3, -0.25) is 4.55 Å². The molecule has 21 heavy (non-hydrogen) atoms. The zero-order valence-electron chi connectivity index (χ0n) is 12.4. The Bertz CT molecular complexity index is 379. The van der Waals surface area contributed by atoms with Crippen LogP contribution in [0.1, 0.15) is 39.5 Å². The fraction of sp³-hybridized carbons (Fsp3) is 0.833. The molecule has 1 aliphatic rings. The lowest BCUT2D eigenvalue weighted by Gasteiger charge is -2.12. The summed E-state index contributed by atoms with van der Waals surface area (Å²) in [6, 6.07) is 0. The first-order chi connectivity index (χ1) is 9.24. The molecule has 0 unspecified atom stereocenters. The van der Waals surface area contributed by atoms with E-state index in [0.717, 1.165) is 5.92 Å². The van der Waals surface area contributed by atoms with Crippen molar-refractivity contribution in [1.29, 1.82) is 0 Å². The number of aliphatic hydroxyl groups is 1. The fourth-order valence-corrected chi connectivity index (χ4v) is 1.19. The van der Waals surface area contributed by atoms with Gasteiger partial charge in [0.2, 0.25) is 0 Å². The number of alkyl halides is 3. The lowest BCUT2D eigenvalue weighted by atomic mass is 10.1. The summed E-state index contributed by atoms with van der Waals surface area (Å²) in [6.07, 6.45) is 7.73. The van der Waals surface area contributed by atoms with E-state index in [2.05, 4.69) is 17.4 Å². The number of hydrogen-bond donors (Lipinski definition) is 2. The van der Waals surface area contributed by atoms with Crippen molar-refractivity contribution in [3.8, 4) is 0 Å². The van der Waals surface area contributed by atoms with Gasteiger partial charge in [0.25, 0.3) is 0 Å². The Morgan fingerprint density at radius 2 is 1.52 bits per heavy atom. The summed E-state index contributed by atoms with van der Waals surface area (Å²) in [7, 11) is -4.38. The van der Waals surface area contributed by atoms with Crippen LogP contribution in [0.4, 0.5) is 13.2 Å². The molecule has 0 amide bonds. The molecule has 0 bridgehead atoms. The number of methoxy groups -OCH3 is 1. The van der Waals surface area contributed by atoms with Crippen molar-refractivity contribution in [3.05, 3.63) is 12.7 Å². The minimum Gasteiger partial charge on any atom is -0.366 e. The van der Waals surface area contributed by atoms with Crippen LogP contribution in [0.3, 0.4) is 0 Å². The van der Waals surface area contributed by atoms with Crippen molar-refractivity contribution in [1.82, 2.24) is 0 Å². The molecule has 128 valence electrons. The first-order valence-electron chi connectivity index (χ1n) is 6.18. The first kappa shape index (κ1) is 22.6. The van der Waals surface area contributed by atoms with Crippen molar-refractivity contribution >= 4 is 10.1 Å². The van der Waals surface area contributed by atoms with Gasteiger partial charge in [0.15, 0.2) is 5.79 Å². The van der Waals surface area contributed by atoms with Crippen LogP contribution in [-0.4, -0.2) is 36.5 Å². The zero-order chi connectivity index (χ0) is 17.3. The number of hydrogen-bond acceptors (Lipinski definition) is 4. The Kier molecular flexibility index (Phi) is 10.1. The second-order valence-electron chi connectivity index (χ2n) is 4.85. The fourth-order valence-electron chi connectivity index (χ4n) is 1.19. The third kappa shape index (κ3) is 14.1. The Morgan fingerprint density at radius 3 is 1.62 bits per heavy atom. The zero-order valence-corrected chi connectivity index (χ0v) is 13.2. The van der Waals surface area contributed by atoms with Gasteiger partial charge in [0, 0.05) is 7.11 Å². The van der Waals surface area contributed by atoms with E-state index in [1.807, 2.05) is 0 Å². The number of allylic oxidation sites excluding steroid dienone is 1. The molecule has 5 nitrogen and oxygen atoms in total. The molecule has 0 aromatic rings. The van der Waals surface area contributed by atoms with Crippen molar-refractivity contribution in [3.63, 3.8) is 0 Å². The monoisotopic (exact) mass is 336 g/mol. The minimum atomic E-state index is -5.84. The van der Waals surface area contributed by atoms with Crippen molar-refractivity contribution in [2.45, 2.75) is 50.8 Å². The SMILES string of the molecule is C=CC1CCCC1.COC(C)(C)O.O=S(=O)(O)C(F)(F)F. The van der Waals surface area contributed by atoms with E-state index in [1.165, 1.54) is 32.8 Å². The van der Waals surface area contributed by atoms with Crippen molar-refractivity contribution in [2.75, 3.05) is 7.11 Å². The molecule has 0 aliphatic heterocycles. The van der Waals surface area contributed by atoms with E-state index in [0.29, 0.717) is 0 Å². The predicted molar refractivity (Wildman–Crippen MR) is 73.1 cm³/mol. The van der Waals surface area contributed by atoms with Crippen LogP contribution in [0.15, 0.2) is 12.7 Å². The number of rotatable bonds is 2. The van der Waals surface area contributed by atoms with E-state index in [4.69, 9.17) is 18.1 Å². The van der Waals surface area contributed by atoms with E-state index >= 15 is 0 Å². The summed E-state index contributed by atoms with van der Waals surface area (Å²) in [6.45, 7) is 6.90. The van der Waals surface area contributed by atoms with Gasteiger partial charge in [0.05, 0.1) is 0 Å². The van der Waals surface area contributed by atoms with Crippen LogP contribution in [0.25, 0.3) is 0 Å². The van der Waals surface area contributed by atoms with E-state index in [9.17, 15) is 13.2 Å². The van der Waals surface area contributed by atoms with Crippen LogP contribution in [0.2, 0.25) is 0 Å². The quantitative estimate of drug-likeness (QED) is 0.350. The Labute approximate surface area is 123 Å². The molecule has 1 rings (SSSR count). The molecule has 2 N–H and O–H groups in total. The normalized spacial score (nSPS) is 16.4. The maximum absolute atomic E-state index is 10.7.